The Bertz CT molecular complexity index is 691. The topological polar surface area (TPSA) is 47.6 Å². The molecule has 1 amide bonds. The lowest BCUT2D eigenvalue weighted by Gasteiger charge is -2.30. The number of anilines is 1. The van der Waals surface area contributed by atoms with E-state index in [-0.39, 0.29) is 30.0 Å². The third kappa shape index (κ3) is 2.97. The molecule has 1 aromatic carbocycles. The third-order valence-corrected chi connectivity index (χ3v) is 5.93. The first-order chi connectivity index (χ1) is 11.6. The van der Waals surface area contributed by atoms with Crippen molar-refractivity contribution in [3.05, 3.63) is 39.9 Å². The van der Waals surface area contributed by atoms with E-state index in [9.17, 15) is 4.79 Å². The van der Waals surface area contributed by atoms with Gasteiger partial charge in [0.25, 0.3) is 0 Å². The van der Waals surface area contributed by atoms with Crippen LogP contribution in [0.1, 0.15) is 19.3 Å². The molecule has 4 rings (SSSR count). The summed E-state index contributed by atoms with van der Waals surface area (Å²) in [5.41, 5.74) is 1.97. The Morgan fingerprint density at radius 1 is 1.17 bits per heavy atom. The second kappa shape index (κ2) is 6.68. The molecule has 6 heteroatoms. The van der Waals surface area contributed by atoms with Crippen molar-refractivity contribution in [3.8, 4) is 0 Å². The zero-order valence-electron chi connectivity index (χ0n) is 13.1. The zero-order chi connectivity index (χ0) is 16.7. The van der Waals surface area contributed by atoms with Crippen LogP contribution in [0.4, 0.5) is 5.69 Å². The Hall–Kier alpha value is -1.07. The van der Waals surface area contributed by atoms with Crippen LogP contribution in [0.3, 0.4) is 0 Å². The lowest BCUT2D eigenvalue weighted by atomic mass is 9.73. The maximum atomic E-state index is 12.9. The van der Waals surface area contributed by atoms with Crippen LogP contribution < -0.4 is 5.32 Å². The van der Waals surface area contributed by atoms with E-state index in [1.54, 1.807) is 18.2 Å². The number of amides is 1. The van der Waals surface area contributed by atoms with E-state index >= 15 is 0 Å². The van der Waals surface area contributed by atoms with Crippen molar-refractivity contribution >= 4 is 34.8 Å². The predicted octanol–water partition coefficient (Wildman–Crippen LogP) is 4.07. The second-order valence-electron chi connectivity index (χ2n) is 6.56. The SMILES string of the molecule is O=C(Nc1ccc(Cl)c(Cl)c1)C1C2CCC(O2)C1C1=CCOCC1. The number of ether oxygens (including phenoxy) is 2. The molecule has 4 atom stereocenters. The first-order valence-corrected chi connectivity index (χ1v) is 9.07. The average molecular weight is 368 g/mol. The fourth-order valence-corrected chi connectivity index (χ4v) is 4.42. The number of carbonyl (C=O) groups is 1. The first-order valence-electron chi connectivity index (χ1n) is 8.31. The van der Waals surface area contributed by atoms with Crippen molar-refractivity contribution in [1.29, 1.82) is 0 Å². The highest BCUT2D eigenvalue weighted by molar-refractivity contribution is 6.42. The van der Waals surface area contributed by atoms with Crippen LogP contribution in [-0.4, -0.2) is 31.3 Å². The van der Waals surface area contributed by atoms with Gasteiger partial charge in [0.05, 0.1) is 41.4 Å². The van der Waals surface area contributed by atoms with Crippen molar-refractivity contribution in [2.45, 2.75) is 31.5 Å². The van der Waals surface area contributed by atoms with Gasteiger partial charge < -0.3 is 14.8 Å². The van der Waals surface area contributed by atoms with Crippen LogP contribution in [0.5, 0.6) is 0 Å². The third-order valence-electron chi connectivity index (χ3n) is 5.19. The molecule has 128 valence electrons. The van der Waals surface area contributed by atoms with Crippen LogP contribution in [0, 0.1) is 11.8 Å². The molecular weight excluding hydrogens is 349 g/mol. The molecule has 3 aliphatic heterocycles. The van der Waals surface area contributed by atoms with Gasteiger partial charge in [-0.05, 0) is 37.5 Å². The van der Waals surface area contributed by atoms with E-state index in [4.69, 9.17) is 32.7 Å². The number of rotatable bonds is 3. The van der Waals surface area contributed by atoms with Gasteiger partial charge in [0.15, 0.2) is 0 Å². The molecule has 2 fully saturated rings. The molecular formula is C18H19Cl2NO3. The molecule has 3 aliphatic rings. The Morgan fingerprint density at radius 3 is 2.75 bits per heavy atom. The van der Waals surface area contributed by atoms with Gasteiger partial charge in [0.2, 0.25) is 5.91 Å². The van der Waals surface area contributed by atoms with E-state index in [1.165, 1.54) is 5.57 Å². The molecule has 0 aliphatic carbocycles. The van der Waals surface area contributed by atoms with Crippen molar-refractivity contribution in [2.24, 2.45) is 11.8 Å². The quantitative estimate of drug-likeness (QED) is 0.819. The van der Waals surface area contributed by atoms with Gasteiger partial charge in [0, 0.05) is 11.6 Å². The number of carbonyl (C=O) groups excluding carboxylic acids is 1. The first kappa shape index (κ1) is 16.4. The van der Waals surface area contributed by atoms with Crippen LogP contribution in [0.15, 0.2) is 29.8 Å². The Labute approximate surface area is 151 Å². The van der Waals surface area contributed by atoms with E-state index in [2.05, 4.69) is 11.4 Å². The summed E-state index contributed by atoms with van der Waals surface area (Å²) in [6.45, 7) is 1.35. The zero-order valence-corrected chi connectivity index (χ0v) is 14.6. The molecule has 0 radical (unpaired) electrons. The number of halogens is 2. The fraction of sp³-hybridized carbons (Fsp3) is 0.500. The summed E-state index contributed by atoms with van der Waals surface area (Å²) in [5.74, 6) is 0.0101. The molecule has 0 saturated carbocycles. The Kier molecular flexibility index (Phi) is 4.56. The molecule has 3 heterocycles. The average Bonchev–Trinajstić information content (AvgIpc) is 3.20. The molecule has 4 unspecified atom stereocenters. The standard InChI is InChI=1S/C18H19Cl2NO3/c19-12-2-1-11(9-13(12)20)21-18(22)17-15-4-3-14(24-15)16(17)10-5-7-23-8-6-10/h1-2,5,9,14-17H,3-4,6-8H2,(H,21,22). The van der Waals surface area contributed by atoms with Crippen molar-refractivity contribution in [2.75, 3.05) is 18.5 Å². The largest absolute Gasteiger partial charge is 0.377 e. The maximum absolute atomic E-state index is 12.9. The van der Waals surface area contributed by atoms with Gasteiger partial charge in [-0.3, -0.25) is 4.79 Å². The molecule has 4 nitrogen and oxygen atoms in total. The number of hydrogen-bond acceptors (Lipinski definition) is 3. The van der Waals surface area contributed by atoms with Crippen molar-refractivity contribution in [3.63, 3.8) is 0 Å². The molecule has 2 bridgehead atoms. The van der Waals surface area contributed by atoms with Crippen LogP contribution in [-0.2, 0) is 14.3 Å². The van der Waals surface area contributed by atoms with Gasteiger partial charge in [-0.15, -0.1) is 0 Å². The second-order valence-corrected chi connectivity index (χ2v) is 7.38. The van der Waals surface area contributed by atoms with Gasteiger partial charge in [0.1, 0.15) is 0 Å². The summed E-state index contributed by atoms with van der Waals surface area (Å²) in [5, 5.41) is 3.89. The molecule has 0 aromatic heterocycles. The lowest BCUT2D eigenvalue weighted by Crippen LogP contribution is -2.38. The molecule has 1 N–H and O–H groups in total. The summed E-state index contributed by atoms with van der Waals surface area (Å²) >= 11 is 12.0. The lowest BCUT2D eigenvalue weighted by molar-refractivity contribution is -0.122. The minimum absolute atomic E-state index is 0.00187. The smallest absolute Gasteiger partial charge is 0.230 e. The summed E-state index contributed by atoms with van der Waals surface area (Å²) in [6.07, 6.45) is 5.15. The monoisotopic (exact) mass is 367 g/mol. The van der Waals surface area contributed by atoms with Gasteiger partial charge in [-0.2, -0.15) is 0 Å². The van der Waals surface area contributed by atoms with Crippen molar-refractivity contribution < 1.29 is 14.3 Å². The summed E-state index contributed by atoms with van der Waals surface area (Å²) in [4.78, 5) is 12.9. The van der Waals surface area contributed by atoms with Crippen LogP contribution in [0.25, 0.3) is 0 Å². The van der Waals surface area contributed by atoms with E-state index in [1.807, 2.05) is 0 Å². The maximum Gasteiger partial charge on any atom is 0.230 e. The predicted molar refractivity (Wildman–Crippen MR) is 93.5 cm³/mol. The number of nitrogens with one attached hydrogen (secondary N) is 1. The molecule has 1 aromatic rings. The minimum atomic E-state index is -0.150. The Balaban J connectivity index is 1.55. The van der Waals surface area contributed by atoms with Gasteiger partial charge >= 0.3 is 0 Å². The summed E-state index contributed by atoms with van der Waals surface area (Å²) in [7, 11) is 0. The summed E-state index contributed by atoms with van der Waals surface area (Å²) < 4.78 is 11.5. The normalized spacial score (nSPS) is 31.8. The van der Waals surface area contributed by atoms with Crippen LogP contribution >= 0.6 is 23.2 Å². The van der Waals surface area contributed by atoms with E-state index in [0.29, 0.717) is 22.3 Å². The fourth-order valence-electron chi connectivity index (χ4n) is 4.12. The van der Waals surface area contributed by atoms with Crippen LogP contribution in [0.2, 0.25) is 10.0 Å². The van der Waals surface area contributed by atoms with Gasteiger partial charge in [-0.1, -0.05) is 34.9 Å². The van der Waals surface area contributed by atoms with Crippen molar-refractivity contribution in [1.82, 2.24) is 0 Å². The minimum Gasteiger partial charge on any atom is -0.377 e. The van der Waals surface area contributed by atoms with E-state index < -0.39 is 0 Å². The highest BCUT2D eigenvalue weighted by Crippen LogP contribution is 2.48. The number of hydrogen-bond donors (Lipinski definition) is 1. The summed E-state index contributed by atoms with van der Waals surface area (Å²) in [6, 6.07) is 5.14. The number of fused-ring (bicyclic) bond motifs is 2. The molecule has 2 saturated heterocycles. The highest BCUT2D eigenvalue weighted by atomic mass is 35.5. The highest BCUT2D eigenvalue weighted by Gasteiger charge is 2.53. The molecule has 0 spiro atoms. The Morgan fingerprint density at radius 2 is 2.00 bits per heavy atom. The number of benzene rings is 1. The molecule has 24 heavy (non-hydrogen) atoms. The van der Waals surface area contributed by atoms with E-state index in [0.717, 1.165) is 25.9 Å². The van der Waals surface area contributed by atoms with Gasteiger partial charge in [-0.25, -0.2) is 0 Å².